The summed E-state index contributed by atoms with van der Waals surface area (Å²) < 4.78 is 28.5. The van der Waals surface area contributed by atoms with Crippen LogP contribution in [0.15, 0.2) is 29.2 Å². The van der Waals surface area contributed by atoms with Gasteiger partial charge in [0.05, 0.1) is 18.1 Å². The van der Waals surface area contributed by atoms with Crippen molar-refractivity contribution >= 4 is 9.84 Å². The molecule has 0 fully saturated rings. The van der Waals surface area contributed by atoms with Crippen molar-refractivity contribution < 1.29 is 18.3 Å². The fourth-order valence-electron chi connectivity index (χ4n) is 2.10. The molecule has 21 heavy (non-hydrogen) atoms. The predicted molar refractivity (Wildman–Crippen MR) is 83.4 cm³/mol. The molecule has 6 heteroatoms. The van der Waals surface area contributed by atoms with E-state index in [4.69, 9.17) is 4.74 Å². The molecule has 0 bridgehead atoms. The largest absolute Gasteiger partial charge is 0.494 e. The molecule has 1 aromatic rings. The van der Waals surface area contributed by atoms with Crippen LogP contribution in [0.25, 0.3) is 0 Å². The van der Waals surface area contributed by atoms with Crippen LogP contribution in [-0.4, -0.2) is 45.1 Å². The number of aliphatic hydroxyl groups is 1. The molecule has 0 aliphatic heterocycles. The maximum Gasteiger partial charge on any atom is 0.175 e. The quantitative estimate of drug-likeness (QED) is 0.677. The SMILES string of the molecule is CCNC(C)(CO)CCCOc1cccc(S(C)(=O)=O)c1. The fourth-order valence-corrected chi connectivity index (χ4v) is 2.75. The van der Waals surface area contributed by atoms with E-state index in [0.29, 0.717) is 12.4 Å². The van der Waals surface area contributed by atoms with Gasteiger partial charge in [0.2, 0.25) is 0 Å². The Balaban J connectivity index is 2.50. The third-order valence-electron chi connectivity index (χ3n) is 3.33. The number of aliphatic hydroxyl groups excluding tert-OH is 1. The minimum atomic E-state index is -3.21. The first-order valence-electron chi connectivity index (χ1n) is 7.09. The average molecular weight is 315 g/mol. The monoisotopic (exact) mass is 315 g/mol. The molecular weight excluding hydrogens is 290 g/mol. The van der Waals surface area contributed by atoms with Crippen LogP contribution in [0.3, 0.4) is 0 Å². The van der Waals surface area contributed by atoms with Gasteiger partial charge in [-0.25, -0.2) is 8.42 Å². The molecule has 1 unspecified atom stereocenters. The van der Waals surface area contributed by atoms with Crippen molar-refractivity contribution in [1.82, 2.24) is 5.32 Å². The molecule has 120 valence electrons. The van der Waals surface area contributed by atoms with E-state index >= 15 is 0 Å². The third kappa shape index (κ3) is 6.03. The summed E-state index contributed by atoms with van der Waals surface area (Å²) in [6.45, 7) is 5.33. The topological polar surface area (TPSA) is 75.6 Å². The van der Waals surface area contributed by atoms with Crippen molar-refractivity contribution in [2.24, 2.45) is 0 Å². The summed E-state index contributed by atoms with van der Waals surface area (Å²) in [7, 11) is -3.21. The van der Waals surface area contributed by atoms with Crippen LogP contribution in [0.5, 0.6) is 5.75 Å². The lowest BCUT2D eigenvalue weighted by Gasteiger charge is -2.28. The van der Waals surface area contributed by atoms with Gasteiger partial charge in [-0.1, -0.05) is 13.0 Å². The minimum absolute atomic E-state index is 0.0738. The van der Waals surface area contributed by atoms with E-state index in [0.717, 1.165) is 19.4 Å². The summed E-state index contributed by atoms with van der Waals surface area (Å²) in [6, 6.07) is 6.49. The van der Waals surface area contributed by atoms with E-state index in [1.165, 1.54) is 12.3 Å². The molecule has 1 rings (SSSR count). The number of benzene rings is 1. The number of sulfone groups is 1. The van der Waals surface area contributed by atoms with E-state index in [1.54, 1.807) is 18.2 Å². The number of nitrogens with one attached hydrogen (secondary N) is 1. The standard InChI is InChI=1S/C15H25NO4S/c1-4-16-15(2,12-17)9-6-10-20-13-7-5-8-14(11-13)21(3,18)19/h5,7-8,11,16-17H,4,6,9-10,12H2,1-3H3. The Labute approximate surface area is 127 Å². The van der Waals surface area contributed by atoms with Gasteiger partial charge in [0.1, 0.15) is 5.75 Å². The second-order valence-corrected chi connectivity index (χ2v) is 7.46. The van der Waals surface area contributed by atoms with Crippen LogP contribution in [0, 0.1) is 0 Å². The van der Waals surface area contributed by atoms with Crippen LogP contribution in [0.4, 0.5) is 0 Å². The van der Waals surface area contributed by atoms with Gasteiger partial charge in [0.25, 0.3) is 0 Å². The van der Waals surface area contributed by atoms with Crippen molar-refractivity contribution in [2.75, 3.05) is 26.0 Å². The van der Waals surface area contributed by atoms with Crippen LogP contribution in [-0.2, 0) is 9.84 Å². The molecule has 0 radical (unpaired) electrons. The van der Waals surface area contributed by atoms with Crippen molar-refractivity contribution in [3.05, 3.63) is 24.3 Å². The van der Waals surface area contributed by atoms with Gasteiger partial charge in [-0.2, -0.15) is 0 Å². The maximum atomic E-state index is 11.5. The predicted octanol–water partition coefficient (Wildman–Crippen LogP) is 1.61. The maximum absolute atomic E-state index is 11.5. The molecule has 1 atom stereocenters. The van der Waals surface area contributed by atoms with Gasteiger partial charge in [-0.3, -0.25) is 0 Å². The molecule has 2 N–H and O–H groups in total. The number of rotatable bonds is 9. The lowest BCUT2D eigenvalue weighted by molar-refractivity contribution is 0.158. The van der Waals surface area contributed by atoms with Gasteiger partial charge in [-0.15, -0.1) is 0 Å². The van der Waals surface area contributed by atoms with Gasteiger partial charge >= 0.3 is 0 Å². The first-order valence-corrected chi connectivity index (χ1v) is 8.99. The lowest BCUT2D eigenvalue weighted by Crippen LogP contribution is -2.45. The molecular formula is C15H25NO4S. The molecule has 0 spiro atoms. The van der Waals surface area contributed by atoms with E-state index in [1.807, 2.05) is 13.8 Å². The zero-order valence-corrected chi connectivity index (χ0v) is 13.7. The normalized spacial score (nSPS) is 14.7. The second kappa shape index (κ2) is 7.77. The van der Waals surface area contributed by atoms with Crippen LogP contribution < -0.4 is 10.1 Å². The first kappa shape index (κ1) is 17.9. The second-order valence-electron chi connectivity index (χ2n) is 5.45. The average Bonchev–Trinajstić information content (AvgIpc) is 2.43. The Morgan fingerprint density at radius 2 is 2.10 bits per heavy atom. The molecule has 0 amide bonds. The van der Waals surface area contributed by atoms with Crippen molar-refractivity contribution in [3.8, 4) is 5.75 Å². The van der Waals surface area contributed by atoms with Crippen molar-refractivity contribution in [1.29, 1.82) is 0 Å². The zero-order valence-electron chi connectivity index (χ0n) is 12.9. The van der Waals surface area contributed by atoms with Crippen LogP contribution in [0.2, 0.25) is 0 Å². The highest BCUT2D eigenvalue weighted by atomic mass is 32.2. The van der Waals surface area contributed by atoms with Gasteiger partial charge in [0.15, 0.2) is 9.84 Å². The molecule has 0 aliphatic rings. The van der Waals surface area contributed by atoms with E-state index in [-0.39, 0.29) is 17.0 Å². The summed E-state index contributed by atoms with van der Waals surface area (Å²) in [5.74, 6) is 0.548. The smallest absolute Gasteiger partial charge is 0.175 e. The van der Waals surface area contributed by atoms with E-state index < -0.39 is 9.84 Å². The first-order chi connectivity index (χ1) is 9.80. The fraction of sp³-hybridized carbons (Fsp3) is 0.600. The highest BCUT2D eigenvalue weighted by molar-refractivity contribution is 7.90. The molecule has 0 saturated heterocycles. The van der Waals surface area contributed by atoms with Crippen molar-refractivity contribution in [3.63, 3.8) is 0 Å². The lowest BCUT2D eigenvalue weighted by atomic mass is 9.97. The zero-order chi connectivity index (χ0) is 15.9. The van der Waals surface area contributed by atoms with Crippen molar-refractivity contribution in [2.45, 2.75) is 37.1 Å². The molecule has 1 aromatic carbocycles. The van der Waals surface area contributed by atoms with Gasteiger partial charge < -0.3 is 15.2 Å². The summed E-state index contributed by atoms with van der Waals surface area (Å²) in [5.41, 5.74) is -0.299. The number of likely N-dealkylation sites (N-methyl/N-ethyl adjacent to an activating group) is 1. The molecule has 5 nitrogen and oxygen atoms in total. The number of hydrogen-bond donors (Lipinski definition) is 2. The minimum Gasteiger partial charge on any atom is -0.494 e. The number of hydrogen-bond acceptors (Lipinski definition) is 5. The van der Waals surface area contributed by atoms with Gasteiger partial charge in [0, 0.05) is 11.8 Å². The van der Waals surface area contributed by atoms with Crippen LogP contribution >= 0.6 is 0 Å². The van der Waals surface area contributed by atoms with E-state index in [2.05, 4.69) is 5.32 Å². The molecule has 0 heterocycles. The summed E-state index contributed by atoms with van der Waals surface area (Å²) >= 11 is 0. The van der Waals surface area contributed by atoms with E-state index in [9.17, 15) is 13.5 Å². The highest BCUT2D eigenvalue weighted by Gasteiger charge is 2.21. The molecule has 0 aromatic heterocycles. The number of ether oxygens (including phenoxy) is 1. The Morgan fingerprint density at radius 3 is 2.67 bits per heavy atom. The van der Waals surface area contributed by atoms with Gasteiger partial charge in [-0.05, 0) is 44.5 Å². The molecule has 0 saturated carbocycles. The Morgan fingerprint density at radius 1 is 1.38 bits per heavy atom. The molecule has 0 aliphatic carbocycles. The summed E-state index contributed by atoms with van der Waals surface area (Å²) in [5, 5.41) is 12.6. The van der Waals surface area contributed by atoms with Crippen LogP contribution in [0.1, 0.15) is 26.7 Å². The summed E-state index contributed by atoms with van der Waals surface area (Å²) in [4.78, 5) is 0.257. The summed E-state index contributed by atoms with van der Waals surface area (Å²) in [6.07, 6.45) is 2.73. The Hall–Kier alpha value is -1.11. The highest BCUT2D eigenvalue weighted by Crippen LogP contribution is 2.18. The Kier molecular flexibility index (Phi) is 6.64. The Bertz CT molecular complexity index is 544. The third-order valence-corrected chi connectivity index (χ3v) is 4.44.